The van der Waals surface area contributed by atoms with Crippen LogP contribution in [0.5, 0.6) is 0 Å². The summed E-state index contributed by atoms with van der Waals surface area (Å²) in [5.41, 5.74) is 0. The fourth-order valence-electron chi connectivity index (χ4n) is 1.81. The number of halogens is 1. The number of carbonyl (C=O) groups is 1. The lowest BCUT2D eigenvalue weighted by molar-refractivity contribution is 0.164. The molecule has 3 heteroatoms. The van der Waals surface area contributed by atoms with Crippen LogP contribution in [0.1, 0.15) is 20.3 Å². The first-order chi connectivity index (χ1) is 5.09. The van der Waals surface area contributed by atoms with Gasteiger partial charge in [-0.2, -0.15) is 0 Å². The van der Waals surface area contributed by atoms with Crippen LogP contribution in [0.2, 0.25) is 0 Å². The van der Waals surface area contributed by atoms with E-state index in [1.165, 1.54) is 6.42 Å². The van der Waals surface area contributed by atoms with Gasteiger partial charge < -0.3 is 4.90 Å². The number of amides is 1. The quantitative estimate of drug-likeness (QED) is 0.409. The second-order valence-electron chi connectivity index (χ2n) is 3.60. The molecular formula is C8H14ClNO. The van der Waals surface area contributed by atoms with Crippen molar-refractivity contribution in [2.24, 2.45) is 11.8 Å². The van der Waals surface area contributed by atoms with Crippen molar-refractivity contribution < 1.29 is 4.79 Å². The van der Waals surface area contributed by atoms with E-state index in [1.54, 1.807) is 4.90 Å². The van der Waals surface area contributed by atoms with Crippen LogP contribution < -0.4 is 0 Å². The Kier molecular flexibility index (Phi) is 2.77. The molecule has 0 bridgehead atoms. The smallest absolute Gasteiger partial charge is 0.316 e. The summed E-state index contributed by atoms with van der Waals surface area (Å²) < 4.78 is 0. The van der Waals surface area contributed by atoms with Crippen LogP contribution in [0.3, 0.4) is 0 Å². The Morgan fingerprint density at radius 3 is 2.18 bits per heavy atom. The van der Waals surface area contributed by atoms with Gasteiger partial charge in [-0.3, -0.25) is 4.79 Å². The summed E-state index contributed by atoms with van der Waals surface area (Å²) in [5, 5.41) is -0.302. The van der Waals surface area contributed by atoms with Gasteiger partial charge in [0.1, 0.15) is 0 Å². The van der Waals surface area contributed by atoms with Gasteiger partial charge in [0.15, 0.2) is 0 Å². The largest absolute Gasteiger partial charge is 0.329 e. The molecule has 0 saturated carbocycles. The van der Waals surface area contributed by atoms with Crippen molar-refractivity contribution in [3.8, 4) is 0 Å². The minimum Gasteiger partial charge on any atom is -0.329 e. The molecule has 1 aliphatic rings. The maximum Gasteiger partial charge on any atom is 0.316 e. The van der Waals surface area contributed by atoms with E-state index >= 15 is 0 Å². The number of likely N-dealkylation sites (tertiary alicyclic amines) is 1. The number of nitrogens with zero attached hydrogens (tertiary/aromatic N) is 1. The van der Waals surface area contributed by atoms with E-state index in [0.717, 1.165) is 13.1 Å². The van der Waals surface area contributed by atoms with Crippen molar-refractivity contribution in [3.05, 3.63) is 0 Å². The molecule has 0 N–H and O–H groups in total. The van der Waals surface area contributed by atoms with Gasteiger partial charge in [-0.1, -0.05) is 13.8 Å². The van der Waals surface area contributed by atoms with E-state index in [4.69, 9.17) is 11.6 Å². The van der Waals surface area contributed by atoms with Crippen LogP contribution in [0.15, 0.2) is 0 Å². The topological polar surface area (TPSA) is 20.3 Å². The number of rotatable bonds is 0. The SMILES string of the molecule is C[C@@H]1C[C@H](C)CN(C(=O)Cl)C1. The van der Waals surface area contributed by atoms with Crippen molar-refractivity contribution in [1.29, 1.82) is 0 Å². The minimum absolute atomic E-state index is 0.302. The Morgan fingerprint density at radius 2 is 1.82 bits per heavy atom. The van der Waals surface area contributed by atoms with Gasteiger partial charge in [-0.15, -0.1) is 0 Å². The van der Waals surface area contributed by atoms with Crippen molar-refractivity contribution in [1.82, 2.24) is 4.90 Å². The molecule has 1 fully saturated rings. The Morgan fingerprint density at radius 1 is 1.36 bits per heavy atom. The molecule has 2 atom stereocenters. The van der Waals surface area contributed by atoms with Gasteiger partial charge >= 0.3 is 5.37 Å². The summed E-state index contributed by atoms with van der Waals surface area (Å²) in [6, 6.07) is 0. The van der Waals surface area contributed by atoms with Crippen molar-refractivity contribution in [2.75, 3.05) is 13.1 Å². The predicted octanol–water partition coefficient (Wildman–Crippen LogP) is 2.32. The molecule has 1 heterocycles. The second kappa shape index (κ2) is 3.44. The predicted molar refractivity (Wildman–Crippen MR) is 45.8 cm³/mol. The summed E-state index contributed by atoms with van der Waals surface area (Å²) in [6.45, 7) is 5.96. The molecule has 0 aromatic rings. The maximum atomic E-state index is 10.8. The first-order valence-electron chi connectivity index (χ1n) is 4.04. The zero-order valence-electron chi connectivity index (χ0n) is 7.01. The first-order valence-corrected chi connectivity index (χ1v) is 4.41. The molecule has 1 saturated heterocycles. The Bertz CT molecular complexity index is 150. The molecule has 0 aromatic carbocycles. The zero-order valence-corrected chi connectivity index (χ0v) is 7.77. The third-order valence-electron chi connectivity index (χ3n) is 2.12. The number of piperidine rings is 1. The minimum atomic E-state index is -0.302. The highest BCUT2D eigenvalue weighted by molar-refractivity contribution is 6.62. The summed E-state index contributed by atoms with van der Waals surface area (Å²) in [5.74, 6) is 1.20. The van der Waals surface area contributed by atoms with E-state index in [-0.39, 0.29) is 5.37 Å². The average Bonchev–Trinajstić information content (AvgIpc) is 1.85. The summed E-state index contributed by atoms with van der Waals surface area (Å²) in [4.78, 5) is 12.5. The molecule has 11 heavy (non-hydrogen) atoms. The Balaban J connectivity index is 2.49. The van der Waals surface area contributed by atoms with Crippen LogP contribution in [0, 0.1) is 11.8 Å². The highest BCUT2D eigenvalue weighted by Crippen LogP contribution is 2.21. The fourth-order valence-corrected chi connectivity index (χ4v) is 1.94. The lowest BCUT2D eigenvalue weighted by atomic mass is 9.92. The van der Waals surface area contributed by atoms with Gasteiger partial charge in [0.05, 0.1) is 0 Å². The van der Waals surface area contributed by atoms with Crippen LogP contribution in [-0.2, 0) is 0 Å². The van der Waals surface area contributed by atoms with Gasteiger partial charge in [-0.25, -0.2) is 0 Å². The summed E-state index contributed by atoms with van der Waals surface area (Å²) in [7, 11) is 0. The molecule has 1 aliphatic heterocycles. The highest BCUT2D eigenvalue weighted by Gasteiger charge is 2.23. The molecule has 2 nitrogen and oxygen atoms in total. The number of carbonyl (C=O) groups excluding carboxylic acids is 1. The maximum absolute atomic E-state index is 10.8. The lowest BCUT2D eigenvalue weighted by Crippen LogP contribution is -2.39. The molecule has 0 aliphatic carbocycles. The highest BCUT2D eigenvalue weighted by atomic mass is 35.5. The third-order valence-corrected chi connectivity index (χ3v) is 2.36. The van der Waals surface area contributed by atoms with E-state index < -0.39 is 0 Å². The van der Waals surface area contributed by atoms with Crippen molar-refractivity contribution >= 4 is 17.0 Å². The van der Waals surface area contributed by atoms with Gasteiger partial charge in [0.25, 0.3) is 0 Å². The van der Waals surface area contributed by atoms with Crippen LogP contribution in [0.4, 0.5) is 4.79 Å². The molecule has 64 valence electrons. The Labute approximate surface area is 72.5 Å². The van der Waals surface area contributed by atoms with Gasteiger partial charge in [0, 0.05) is 13.1 Å². The molecule has 0 aromatic heterocycles. The second-order valence-corrected chi connectivity index (χ2v) is 3.93. The van der Waals surface area contributed by atoms with Crippen LogP contribution >= 0.6 is 11.6 Å². The fraction of sp³-hybridized carbons (Fsp3) is 0.875. The summed E-state index contributed by atoms with van der Waals surface area (Å²) >= 11 is 5.37. The van der Waals surface area contributed by atoms with E-state index in [2.05, 4.69) is 13.8 Å². The molecule has 0 spiro atoms. The van der Waals surface area contributed by atoms with Gasteiger partial charge in [0.2, 0.25) is 0 Å². The lowest BCUT2D eigenvalue weighted by Gasteiger charge is -2.33. The normalized spacial score (nSPS) is 32.1. The third kappa shape index (κ3) is 2.37. The van der Waals surface area contributed by atoms with Crippen LogP contribution in [0.25, 0.3) is 0 Å². The summed E-state index contributed by atoms with van der Waals surface area (Å²) in [6.07, 6.45) is 1.21. The zero-order chi connectivity index (χ0) is 8.43. The molecule has 0 unspecified atom stereocenters. The number of hydrogen-bond acceptors (Lipinski definition) is 1. The first kappa shape index (κ1) is 8.85. The molecular weight excluding hydrogens is 162 g/mol. The monoisotopic (exact) mass is 175 g/mol. The van der Waals surface area contributed by atoms with Crippen molar-refractivity contribution in [2.45, 2.75) is 20.3 Å². The van der Waals surface area contributed by atoms with E-state index in [0.29, 0.717) is 11.8 Å². The van der Waals surface area contributed by atoms with Gasteiger partial charge in [-0.05, 0) is 29.9 Å². The number of hydrogen-bond donors (Lipinski definition) is 0. The van der Waals surface area contributed by atoms with Crippen molar-refractivity contribution in [3.63, 3.8) is 0 Å². The van der Waals surface area contributed by atoms with E-state index in [9.17, 15) is 4.79 Å². The molecule has 0 radical (unpaired) electrons. The molecule has 1 rings (SSSR count). The Hall–Kier alpha value is -0.240. The van der Waals surface area contributed by atoms with Crippen LogP contribution in [-0.4, -0.2) is 23.4 Å². The standard InChI is InChI=1S/C8H14ClNO/c1-6-3-7(2)5-10(4-6)8(9)11/h6-7H,3-5H2,1-2H3/t6-,7+. The average molecular weight is 176 g/mol. The molecule has 1 amide bonds. The van der Waals surface area contributed by atoms with E-state index in [1.807, 2.05) is 0 Å².